The van der Waals surface area contributed by atoms with E-state index in [9.17, 15) is 8.42 Å². The summed E-state index contributed by atoms with van der Waals surface area (Å²) in [6.07, 6.45) is 2.65. The first-order valence-electron chi connectivity index (χ1n) is 6.73. The minimum atomic E-state index is -3.50. The standard InChI is InChI=1S/C14H20N4O2S/c1-15-9-7-12-3-5-14(6-4-12)21(19,20)16-11-13-8-10-18(2)17-13/h3-6,8,10,15-16H,7,9,11H2,1-2H3. The molecule has 1 aromatic carbocycles. The van der Waals surface area contributed by atoms with Gasteiger partial charge >= 0.3 is 0 Å². The summed E-state index contributed by atoms with van der Waals surface area (Å²) in [5.41, 5.74) is 1.79. The lowest BCUT2D eigenvalue weighted by Crippen LogP contribution is -2.23. The smallest absolute Gasteiger partial charge is 0.240 e. The van der Waals surface area contributed by atoms with E-state index in [0.717, 1.165) is 18.5 Å². The van der Waals surface area contributed by atoms with E-state index < -0.39 is 10.0 Å². The molecule has 6 nitrogen and oxygen atoms in total. The van der Waals surface area contributed by atoms with Gasteiger partial charge in [0.2, 0.25) is 10.0 Å². The summed E-state index contributed by atoms with van der Waals surface area (Å²) in [4.78, 5) is 0.270. The first kappa shape index (κ1) is 15.7. The third-order valence-corrected chi connectivity index (χ3v) is 4.53. The summed E-state index contributed by atoms with van der Waals surface area (Å²) >= 11 is 0. The van der Waals surface area contributed by atoms with E-state index >= 15 is 0 Å². The Balaban J connectivity index is 2.01. The van der Waals surface area contributed by atoms with Crippen LogP contribution >= 0.6 is 0 Å². The molecule has 1 aromatic heterocycles. The van der Waals surface area contributed by atoms with Gasteiger partial charge in [-0.1, -0.05) is 12.1 Å². The Bertz CT molecular complexity index is 677. The van der Waals surface area contributed by atoms with Gasteiger partial charge in [-0.15, -0.1) is 0 Å². The van der Waals surface area contributed by atoms with Crippen LogP contribution < -0.4 is 10.0 Å². The van der Waals surface area contributed by atoms with Crippen molar-refractivity contribution in [3.8, 4) is 0 Å². The van der Waals surface area contributed by atoms with E-state index in [1.807, 2.05) is 19.2 Å². The number of benzene rings is 1. The Hall–Kier alpha value is -1.70. The molecule has 0 fully saturated rings. The molecule has 0 spiro atoms. The number of hydrogen-bond acceptors (Lipinski definition) is 4. The van der Waals surface area contributed by atoms with E-state index in [-0.39, 0.29) is 11.4 Å². The molecule has 0 bridgehead atoms. The monoisotopic (exact) mass is 308 g/mol. The molecule has 114 valence electrons. The van der Waals surface area contributed by atoms with Crippen molar-refractivity contribution in [2.75, 3.05) is 13.6 Å². The largest absolute Gasteiger partial charge is 0.319 e. The topological polar surface area (TPSA) is 76.0 Å². The van der Waals surface area contributed by atoms with E-state index in [4.69, 9.17) is 0 Å². The van der Waals surface area contributed by atoms with Crippen molar-refractivity contribution < 1.29 is 8.42 Å². The molecule has 0 atom stereocenters. The molecule has 0 aliphatic rings. The average Bonchev–Trinajstić information content (AvgIpc) is 2.89. The molecule has 0 amide bonds. The first-order valence-corrected chi connectivity index (χ1v) is 8.21. The minimum Gasteiger partial charge on any atom is -0.319 e. The van der Waals surface area contributed by atoms with Crippen LogP contribution in [-0.2, 0) is 30.0 Å². The number of nitrogens with one attached hydrogen (secondary N) is 2. The Kier molecular flexibility index (Phi) is 5.11. The molecule has 0 radical (unpaired) electrons. The number of aryl methyl sites for hydroxylation is 1. The molecular formula is C14H20N4O2S. The summed E-state index contributed by atoms with van der Waals surface area (Å²) in [6.45, 7) is 1.05. The lowest BCUT2D eigenvalue weighted by molar-refractivity contribution is 0.579. The van der Waals surface area contributed by atoms with Crippen LogP contribution in [0.15, 0.2) is 41.4 Å². The molecule has 2 aromatic rings. The molecule has 2 rings (SSSR count). The van der Waals surface area contributed by atoms with E-state index in [0.29, 0.717) is 5.69 Å². The Morgan fingerprint density at radius 3 is 2.48 bits per heavy atom. The third kappa shape index (κ3) is 4.38. The fourth-order valence-electron chi connectivity index (χ4n) is 1.91. The summed E-state index contributed by atoms with van der Waals surface area (Å²) in [7, 11) is 0.181. The van der Waals surface area contributed by atoms with Gasteiger partial charge in [-0.2, -0.15) is 5.10 Å². The molecular weight excluding hydrogens is 288 g/mol. The van der Waals surface area contributed by atoms with Crippen LogP contribution in [0.4, 0.5) is 0 Å². The average molecular weight is 308 g/mol. The highest BCUT2D eigenvalue weighted by Crippen LogP contribution is 2.11. The molecule has 0 saturated heterocycles. The number of hydrogen-bond donors (Lipinski definition) is 2. The lowest BCUT2D eigenvalue weighted by atomic mass is 10.1. The van der Waals surface area contributed by atoms with Crippen molar-refractivity contribution in [2.45, 2.75) is 17.9 Å². The first-order chi connectivity index (χ1) is 10.0. The van der Waals surface area contributed by atoms with Gasteiger partial charge in [-0.05, 0) is 43.8 Å². The second-order valence-corrected chi connectivity index (χ2v) is 6.57. The number of nitrogens with zero attached hydrogens (tertiary/aromatic N) is 2. The molecule has 0 unspecified atom stereocenters. The molecule has 2 N–H and O–H groups in total. The second-order valence-electron chi connectivity index (χ2n) is 4.80. The fraction of sp³-hybridized carbons (Fsp3) is 0.357. The lowest BCUT2D eigenvalue weighted by Gasteiger charge is -2.07. The zero-order chi connectivity index (χ0) is 15.3. The summed E-state index contributed by atoms with van der Waals surface area (Å²) in [5, 5.41) is 7.20. The van der Waals surface area contributed by atoms with Crippen LogP contribution in [0.1, 0.15) is 11.3 Å². The van der Waals surface area contributed by atoms with Gasteiger partial charge in [0.15, 0.2) is 0 Å². The molecule has 0 aliphatic carbocycles. The quantitative estimate of drug-likeness (QED) is 0.788. The maximum absolute atomic E-state index is 12.2. The van der Waals surface area contributed by atoms with Crippen LogP contribution in [0.25, 0.3) is 0 Å². The van der Waals surface area contributed by atoms with Crippen molar-refractivity contribution in [3.05, 3.63) is 47.8 Å². The second kappa shape index (κ2) is 6.84. The number of aromatic nitrogens is 2. The predicted molar refractivity (Wildman–Crippen MR) is 81.3 cm³/mol. The van der Waals surface area contributed by atoms with Gasteiger partial charge in [0.05, 0.1) is 17.1 Å². The molecule has 0 saturated carbocycles. The Labute approximate surface area is 125 Å². The SMILES string of the molecule is CNCCc1ccc(S(=O)(=O)NCc2ccn(C)n2)cc1. The maximum Gasteiger partial charge on any atom is 0.240 e. The van der Waals surface area contributed by atoms with Crippen molar-refractivity contribution >= 4 is 10.0 Å². The molecule has 7 heteroatoms. The summed E-state index contributed by atoms with van der Waals surface area (Å²) in [6, 6.07) is 8.72. The van der Waals surface area contributed by atoms with Crippen LogP contribution in [0, 0.1) is 0 Å². The number of rotatable bonds is 7. The number of likely N-dealkylation sites (N-methyl/N-ethyl adjacent to an activating group) is 1. The van der Waals surface area contributed by atoms with Crippen molar-refractivity contribution in [1.82, 2.24) is 19.8 Å². The normalized spacial score (nSPS) is 11.7. The van der Waals surface area contributed by atoms with Gasteiger partial charge in [0.25, 0.3) is 0 Å². The van der Waals surface area contributed by atoms with E-state index in [1.54, 1.807) is 36.1 Å². The van der Waals surface area contributed by atoms with Crippen LogP contribution in [0.5, 0.6) is 0 Å². The van der Waals surface area contributed by atoms with Crippen molar-refractivity contribution in [2.24, 2.45) is 7.05 Å². The highest BCUT2D eigenvalue weighted by atomic mass is 32.2. The van der Waals surface area contributed by atoms with Gasteiger partial charge in [-0.25, -0.2) is 13.1 Å². The molecule has 1 heterocycles. The van der Waals surface area contributed by atoms with Crippen molar-refractivity contribution in [3.63, 3.8) is 0 Å². The van der Waals surface area contributed by atoms with E-state index in [2.05, 4.69) is 15.1 Å². The third-order valence-electron chi connectivity index (χ3n) is 3.11. The summed E-state index contributed by atoms with van der Waals surface area (Å²) in [5.74, 6) is 0. The highest BCUT2D eigenvalue weighted by Gasteiger charge is 2.14. The van der Waals surface area contributed by atoms with Gasteiger partial charge < -0.3 is 5.32 Å². The van der Waals surface area contributed by atoms with E-state index in [1.165, 1.54) is 0 Å². The zero-order valence-corrected chi connectivity index (χ0v) is 13.0. The highest BCUT2D eigenvalue weighted by molar-refractivity contribution is 7.89. The van der Waals surface area contributed by atoms with Crippen LogP contribution in [0.2, 0.25) is 0 Å². The van der Waals surface area contributed by atoms with Gasteiger partial charge in [-0.3, -0.25) is 4.68 Å². The molecule has 21 heavy (non-hydrogen) atoms. The summed E-state index contributed by atoms with van der Waals surface area (Å²) < 4.78 is 28.5. The van der Waals surface area contributed by atoms with Gasteiger partial charge in [0.1, 0.15) is 0 Å². The maximum atomic E-state index is 12.2. The Morgan fingerprint density at radius 2 is 1.90 bits per heavy atom. The van der Waals surface area contributed by atoms with Crippen LogP contribution in [0.3, 0.4) is 0 Å². The van der Waals surface area contributed by atoms with Gasteiger partial charge in [0, 0.05) is 13.2 Å². The Morgan fingerprint density at radius 1 is 1.19 bits per heavy atom. The predicted octanol–water partition coefficient (Wildman–Crippen LogP) is 0.660. The fourth-order valence-corrected chi connectivity index (χ4v) is 2.91. The van der Waals surface area contributed by atoms with Crippen LogP contribution in [-0.4, -0.2) is 31.8 Å². The van der Waals surface area contributed by atoms with Crippen molar-refractivity contribution in [1.29, 1.82) is 0 Å². The minimum absolute atomic E-state index is 0.185. The zero-order valence-electron chi connectivity index (χ0n) is 12.2. The number of sulfonamides is 1. The molecule has 0 aliphatic heterocycles.